The third-order valence-electron chi connectivity index (χ3n) is 6.46. The van der Waals surface area contributed by atoms with Crippen LogP contribution in [0.2, 0.25) is 0 Å². The number of rotatable bonds is 6. The number of nitrogens with zero attached hydrogens (tertiary/aromatic N) is 5. The van der Waals surface area contributed by atoms with Crippen molar-refractivity contribution in [1.29, 1.82) is 0 Å². The quantitative estimate of drug-likeness (QED) is 0.407. The first-order valence-corrected chi connectivity index (χ1v) is 14.9. The number of hydrazine groups is 1. The average molecular weight is 619 g/mol. The molecule has 4 heterocycles. The minimum absolute atomic E-state index is 0.342. The third kappa shape index (κ3) is 5.73. The van der Waals surface area contributed by atoms with Gasteiger partial charge in [-0.1, -0.05) is 0 Å². The average Bonchev–Trinajstić information content (AvgIpc) is 3.35. The normalized spacial score (nSPS) is 17.6. The molecular weight excluding hydrogens is 589 g/mol. The van der Waals surface area contributed by atoms with Crippen LogP contribution in [0.25, 0.3) is 3.58 Å². The first kappa shape index (κ1) is 24.6. The summed E-state index contributed by atoms with van der Waals surface area (Å²) < 4.78 is 9.12. The van der Waals surface area contributed by atoms with Crippen LogP contribution in [-0.4, -0.2) is 50.0 Å². The molecule has 0 radical (unpaired) electrons. The molecule has 38 heavy (non-hydrogen) atoms. The molecule has 0 saturated carbocycles. The molecule has 0 spiro atoms. The van der Waals surface area contributed by atoms with Crippen molar-refractivity contribution in [2.45, 2.75) is 6.92 Å². The summed E-state index contributed by atoms with van der Waals surface area (Å²) in [6.45, 7) is 6.00. The summed E-state index contributed by atoms with van der Waals surface area (Å²) in [7, 11) is 0. The van der Waals surface area contributed by atoms with E-state index in [1.807, 2.05) is 36.5 Å². The van der Waals surface area contributed by atoms with Crippen molar-refractivity contribution in [3.8, 4) is 0 Å². The molecule has 0 unspecified atom stereocenters. The Morgan fingerprint density at radius 2 is 1.84 bits per heavy atom. The van der Waals surface area contributed by atoms with Crippen LogP contribution in [0.5, 0.6) is 0 Å². The van der Waals surface area contributed by atoms with E-state index in [0.29, 0.717) is 6.67 Å². The number of ether oxygens (including phenoxy) is 1. The summed E-state index contributed by atoms with van der Waals surface area (Å²) in [5, 5.41) is 5.50. The van der Waals surface area contributed by atoms with Crippen molar-refractivity contribution < 1.29 is 25.9 Å². The number of aryl methyl sites for hydroxylation is 1. The first-order valence-electron chi connectivity index (χ1n) is 12.6. The van der Waals surface area contributed by atoms with Crippen LogP contribution in [0, 0.1) is 6.92 Å². The van der Waals surface area contributed by atoms with Gasteiger partial charge in [0.1, 0.15) is 0 Å². The summed E-state index contributed by atoms with van der Waals surface area (Å²) in [5.74, 6) is 1.72. The maximum absolute atomic E-state index is 5.51. The van der Waals surface area contributed by atoms with Crippen molar-refractivity contribution in [2.24, 2.45) is 9.98 Å². The SMILES string of the molecule is Cc1ccc(C2=NCN(c3ccc(NC4=C[I-]C(c5cccc(N6CCOCC6)c5)=CC=N4)cc3)N2)cn1. The molecule has 1 fully saturated rings. The number of hydrogen-bond acceptors (Lipinski definition) is 8. The number of hydrogen-bond donors (Lipinski definition) is 2. The van der Waals surface area contributed by atoms with Gasteiger partial charge >= 0.3 is 210 Å². The molecule has 194 valence electrons. The van der Waals surface area contributed by atoms with Gasteiger partial charge in [0.15, 0.2) is 0 Å². The number of benzene rings is 2. The van der Waals surface area contributed by atoms with Gasteiger partial charge in [-0.3, -0.25) is 4.98 Å². The second-order valence-corrected chi connectivity index (χ2v) is 11.5. The van der Waals surface area contributed by atoms with Crippen molar-refractivity contribution in [2.75, 3.05) is 48.2 Å². The summed E-state index contributed by atoms with van der Waals surface area (Å²) in [6, 6.07) is 21.2. The molecule has 2 aromatic carbocycles. The molecule has 6 rings (SSSR count). The van der Waals surface area contributed by atoms with E-state index in [1.54, 1.807) is 0 Å². The summed E-state index contributed by atoms with van der Waals surface area (Å²) >= 11 is -0.342. The molecule has 9 heteroatoms. The molecular formula is C29H29IN7O-. The van der Waals surface area contributed by atoms with Crippen molar-refractivity contribution in [1.82, 2.24) is 10.4 Å². The zero-order chi connectivity index (χ0) is 25.7. The molecule has 1 aromatic heterocycles. The number of amidine groups is 1. The Morgan fingerprint density at radius 1 is 0.974 bits per heavy atom. The minimum atomic E-state index is -0.342. The standard InChI is InChI=1S/C29H29IN7O/c1-21-5-6-23(19-32-21)29-33-20-37(35-29)25-9-7-24(8-10-25)34-28-18-30-27(11-12-31-28)22-3-2-4-26(17-22)36-13-15-38-16-14-36/h2-12,17-19,34H,13-16,20H2,1H3,(H,33,35)/q-1. The summed E-state index contributed by atoms with van der Waals surface area (Å²) in [4.78, 5) is 16.0. The van der Waals surface area contributed by atoms with Crippen molar-refractivity contribution in [3.05, 3.63) is 99.7 Å². The van der Waals surface area contributed by atoms with Crippen LogP contribution < -0.4 is 41.9 Å². The van der Waals surface area contributed by atoms with Crippen LogP contribution in [0.4, 0.5) is 17.1 Å². The van der Waals surface area contributed by atoms with Gasteiger partial charge in [0, 0.05) is 5.69 Å². The fraction of sp³-hybridized carbons (Fsp3) is 0.207. The predicted octanol–water partition coefficient (Wildman–Crippen LogP) is 1.38. The first-order chi connectivity index (χ1) is 18.7. The van der Waals surface area contributed by atoms with Crippen LogP contribution >= 0.6 is 0 Å². The van der Waals surface area contributed by atoms with E-state index < -0.39 is 0 Å². The summed E-state index contributed by atoms with van der Waals surface area (Å²) in [5.41, 5.74) is 9.94. The molecule has 3 aliphatic heterocycles. The molecule has 2 N–H and O–H groups in total. The Kier molecular flexibility index (Phi) is 7.36. The van der Waals surface area contributed by atoms with Gasteiger partial charge in [-0.05, 0) is 13.0 Å². The smallest absolute Gasteiger partial charge is 0.261 e. The van der Waals surface area contributed by atoms with E-state index in [2.05, 4.69) is 89.3 Å². The van der Waals surface area contributed by atoms with Gasteiger partial charge < -0.3 is 0 Å². The molecule has 0 atom stereocenters. The number of pyridine rings is 1. The van der Waals surface area contributed by atoms with Crippen LogP contribution in [0.15, 0.2) is 92.8 Å². The van der Waals surface area contributed by atoms with Crippen LogP contribution in [0.1, 0.15) is 16.8 Å². The van der Waals surface area contributed by atoms with Gasteiger partial charge in [0.25, 0.3) is 0 Å². The fourth-order valence-corrected chi connectivity index (χ4v) is 6.38. The van der Waals surface area contributed by atoms with Gasteiger partial charge in [0.05, 0.1) is 0 Å². The second-order valence-electron chi connectivity index (χ2n) is 9.09. The number of morpholine rings is 1. The fourth-order valence-electron chi connectivity index (χ4n) is 4.37. The van der Waals surface area contributed by atoms with E-state index >= 15 is 0 Å². The number of halogens is 1. The molecule has 3 aromatic rings. The molecule has 3 aliphatic rings. The molecule has 1 saturated heterocycles. The Morgan fingerprint density at radius 3 is 2.66 bits per heavy atom. The summed E-state index contributed by atoms with van der Waals surface area (Å²) in [6.07, 6.45) is 5.91. The Hall–Kier alpha value is -3.70. The van der Waals surface area contributed by atoms with E-state index in [1.165, 1.54) is 14.8 Å². The number of anilines is 3. The topological polar surface area (TPSA) is 77.4 Å². The Labute approximate surface area is 233 Å². The molecule has 0 bridgehead atoms. The van der Waals surface area contributed by atoms with E-state index in [-0.39, 0.29) is 21.2 Å². The van der Waals surface area contributed by atoms with Crippen molar-refractivity contribution >= 4 is 32.7 Å². The van der Waals surface area contributed by atoms with Gasteiger partial charge in [0.2, 0.25) is 0 Å². The van der Waals surface area contributed by atoms with E-state index in [0.717, 1.165) is 60.6 Å². The van der Waals surface area contributed by atoms with Crippen molar-refractivity contribution in [3.63, 3.8) is 0 Å². The van der Waals surface area contributed by atoms with Gasteiger partial charge in [-0.2, -0.15) is 0 Å². The minimum Gasteiger partial charge on any atom is -0.261 e. The van der Waals surface area contributed by atoms with Crippen LogP contribution in [-0.2, 0) is 4.74 Å². The zero-order valence-electron chi connectivity index (χ0n) is 21.1. The Balaban J connectivity index is 1.07. The van der Waals surface area contributed by atoms with E-state index in [9.17, 15) is 0 Å². The second kappa shape index (κ2) is 11.4. The van der Waals surface area contributed by atoms with Gasteiger partial charge in [-0.25, -0.2) is 0 Å². The number of nitrogens with one attached hydrogen (secondary N) is 2. The maximum atomic E-state index is 5.51. The van der Waals surface area contributed by atoms with Gasteiger partial charge in [-0.15, -0.1) is 0 Å². The molecule has 0 amide bonds. The predicted molar refractivity (Wildman–Crippen MR) is 150 cm³/mol. The number of aromatic nitrogens is 1. The number of aliphatic imine (C=N–C) groups is 2. The van der Waals surface area contributed by atoms with E-state index in [4.69, 9.17) is 4.74 Å². The Bertz CT molecular complexity index is 1410. The monoisotopic (exact) mass is 618 g/mol. The third-order valence-corrected chi connectivity index (χ3v) is 9.01. The molecule has 8 nitrogen and oxygen atoms in total. The molecule has 0 aliphatic carbocycles. The number of allylic oxidation sites excluding steroid dienone is 1. The van der Waals surface area contributed by atoms with Crippen LogP contribution in [0.3, 0.4) is 0 Å². The zero-order valence-corrected chi connectivity index (χ0v) is 23.3.